The van der Waals surface area contributed by atoms with Crippen molar-refractivity contribution >= 4 is 17.3 Å². The summed E-state index contributed by atoms with van der Waals surface area (Å²) in [5.74, 6) is 1.69. The third-order valence-electron chi connectivity index (χ3n) is 3.49. The lowest BCUT2D eigenvalue weighted by Gasteiger charge is -2.12. The molecule has 0 aliphatic rings. The molecule has 0 atom stereocenters. The van der Waals surface area contributed by atoms with E-state index >= 15 is 0 Å². The van der Waals surface area contributed by atoms with E-state index in [-0.39, 0.29) is 0 Å². The van der Waals surface area contributed by atoms with Crippen molar-refractivity contribution < 1.29 is 0 Å². The van der Waals surface area contributed by atoms with E-state index in [1.165, 1.54) is 30.4 Å². The summed E-state index contributed by atoms with van der Waals surface area (Å²) in [6.45, 7) is 7.35. The number of unbranched alkanes of at least 4 members (excludes halogenated alkanes) is 2. The Morgan fingerprint density at radius 3 is 2.43 bits per heavy atom. The van der Waals surface area contributed by atoms with Crippen molar-refractivity contribution in [3.05, 3.63) is 41.7 Å². The van der Waals surface area contributed by atoms with Gasteiger partial charge in [0.1, 0.15) is 18.0 Å². The molecule has 1 aromatic carbocycles. The van der Waals surface area contributed by atoms with E-state index in [1.807, 2.05) is 6.07 Å². The van der Waals surface area contributed by atoms with Gasteiger partial charge in [0.15, 0.2) is 0 Å². The van der Waals surface area contributed by atoms with E-state index in [1.54, 1.807) is 6.33 Å². The minimum Gasteiger partial charge on any atom is -0.370 e. The molecule has 0 unspecified atom stereocenters. The van der Waals surface area contributed by atoms with Crippen LogP contribution in [-0.2, 0) is 0 Å². The van der Waals surface area contributed by atoms with Crippen LogP contribution < -0.4 is 10.6 Å². The quantitative estimate of drug-likeness (QED) is 0.738. The van der Waals surface area contributed by atoms with Crippen LogP contribution in [0.2, 0.25) is 0 Å². The monoisotopic (exact) mass is 284 g/mol. The summed E-state index contributed by atoms with van der Waals surface area (Å²) >= 11 is 0. The topological polar surface area (TPSA) is 49.8 Å². The minimum atomic E-state index is 0.820. The highest BCUT2D eigenvalue weighted by atomic mass is 15.1. The van der Waals surface area contributed by atoms with Crippen molar-refractivity contribution in [3.63, 3.8) is 0 Å². The molecule has 0 bridgehead atoms. The molecule has 0 aliphatic carbocycles. The standard InChI is InChI=1S/C17H24N4/c1-4-5-6-10-18-15-11-16(20-12-19-15)21-17-13(2)8-7-9-14(17)3/h7-9,11-12H,4-6,10H2,1-3H3,(H2,18,19,20,21). The van der Waals surface area contributed by atoms with Gasteiger partial charge in [-0.1, -0.05) is 38.0 Å². The summed E-state index contributed by atoms with van der Waals surface area (Å²) < 4.78 is 0. The van der Waals surface area contributed by atoms with Crippen molar-refractivity contribution in [1.82, 2.24) is 9.97 Å². The summed E-state index contributed by atoms with van der Waals surface area (Å²) in [7, 11) is 0. The molecule has 0 saturated heterocycles. The summed E-state index contributed by atoms with van der Waals surface area (Å²) in [5, 5.41) is 6.74. The molecule has 0 aliphatic heterocycles. The second-order valence-corrected chi connectivity index (χ2v) is 5.31. The maximum absolute atomic E-state index is 4.30. The van der Waals surface area contributed by atoms with Gasteiger partial charge < -0.3 is 10.6 Å². The van der Waals surface area contributed by atoms with Gasteiger partial charge in [-0.15, -0.1) is 0 Å². The lowest BCUT2D eigenvalue weighted by molar-refractivity contribution is 0.742. The molecule has 21 heavy (non-hydrogen) atoms. The van der Waals surface area contributed by atoms with Crippen LogP contribution in [0, 0.1) is 13.8 Å². The molecule has 4 heteroatoms. The maximum atomic E-state index is 4.30. The largest absolute Gasteiger partial charge is 0.370 e. The molecular formula is C17H24N4. The Kier molecular flexibility index (Phi) is 5.55. The molecule has 4 nitrogen and oxygen atoms in total. The number of benzene rings is 1. The molecular weight excluding hydrogens is 260 g/mol. The maximum Gasteiger partial charge on any atom is 0.135 e. The first-order valence-corrected chi connectivity index (χ1v) is 7.60. The van der Waals surface area contributed by atoms with Gasteiger partial charge in [0.25, 0.3) is 0 Å². The Morgan fingerprint density at radius 1 is 1.00 bits per heavy atom. The molecule has 2 aromatic rings. The first-order valence-electron chi connectivity index (χ1n) is 7.60. The number of aromatic nitrogens is 2. The zero-order valence-corrected chi connectivity index (χ0v) is 13.1. The van der Waals surface area contributed by atoms with Gasteiger partial charge in [-0.3, -0.25) is 0 Å². The second-order valence-electron chi connectivity index (χ2n) is 5.31. The van der Waals surface area contributed by atoms with Crippen molar-refractivity contribution in [2.45, 2.75) is 40.0 Å². The molecule has 2 rings (SSSR count). The van der Waals surface area contributed by atoms with Gasteiger partial charge >= 0.3 is 0 Å². The highest BCUT2D eigenvalue weighted by Crippen LogP contribution is 2.23. The van der Waals surface area contributed by atoms with E-state index in [0.29, 0.717) is 0 Å². The smallest absolute Gasteiger partial charge is 0.135 e. The lowest BCUT2D eigenvalue weighted by atomic mass is 10.1. The Hall–Kier alpha value is -2.10. The predicted molar refractivity (Wildman–Crippen MR) is 89.2 cm³/mol. The van der Waals surface area contributed by atoms with Crippen LogP contribution in [0.5, 0.6) is 0 Å². The molecule has 1 heterocycles. The zero-order chi connectivity index (χ0) is 15.1. The Labute approximate surface area is 127 Å². The third kappa shape index (κ3) is 4.45. The Balaban J connectivity index is 2.04. The van der Waals surface area contributed by atoms with E-state index < -0.39 is 0 Å². The van der Waals surface area contributed by atoms with E-state index in [9.17, 15) is 0 Å². The van der Waals surface area contributed by atoms with Crippen LogP contribution in [-0.4, -0.2) is 16.5 Å². The summed E-state index contributed by atoms with van der Waals surface area (Å²) in [4.78, 5) is 8.56. The third-order valence-corrected chi connectivity index (χ3v) is 3.49. The van der Waals surface area contributed by atoms with Crippen molar-refractivity contribution in [2.75, 3.05) is 17.2 Å². The summed E-state index contributed by atoms with van der Waals surface area (Å²) in [5.41, 5.74) is 3.55. The SMILES string of the molecule is CCCCCNc1cc(Nc2c(C)cccc2C)ncn1. The van der Waals surface area contributed by atoms with Crippen molar-refractivity contribution in [2.24, 2.45) is 0 Å². The number of hydrogen-bond donors (Lipinski definition) is 2. The normalized spacial score (nSPS) is 10.4. The molecule has 0 saturated carbocycles. The van der Waals surface area contributed by atoms with Gasteiger partial charge in [0.05, 0.1) is 0 Å². The van der Waals surface area contributed by atoms with Crippen LogP contribution in [0.3, 0.4) is 0 Å². The molecule has 112 valence electrons. The summed E-state index contributed by atoms with van der Waals surface area (Å²) in [6.07, 6.45) is 5.23. The Morgan fingerprint density at radius 2 is 1.71 bits per heavy atom. The van der Waals surface area contributed by atoms with Crippen LogP contribution in [0.1, 0.15) is 37.3 Å². The molecule has 0 fully saturated rings. The van der Waals surface area contributed by atoms with Gasteiger partial charge in [-0.25, -0.2) is 9.97 Å². The number of nitrogens with one attached hydrogen (secondary N) is 2. The van der Waals surface area contributed by atoms with Crippen LogP contribution in [0.25, 0.3) is 0 Å². The number of para-hydroxylation sites is 1. The van der Waals surface area contributed by atoms with E-state index in [0.717, 1.165) is 23.9 Å². The van der Waals surface area contributed by atoms with E-state index in [4.69, 9.17) is 0 Å². The Bertz CT molecular complexity index is 561. The van der Waals surface area contributed by atoms with Gasteiger partial charge in [-0.05, 0) is 31.4 Å². The molecule has 0 spiro atoms. The molecule has 1 aromatic heterocycles. The van der Waals surface area contributed by atoms with Crippen LogP contribution in [0.4, 0.5) is 17.3 Å². The number of hydrogen-bond acceptors (Lipinski definition) is 4. The number of anilines is 3. The fourth-order valence-corrected chi connectivity index (χ4v) is 2.25. The molecule has 0 amide bonds. The van der Waals surface area contributed by atoms with Crippen LogP contribution in [0.15, 0.2) is 30.6 Å². The fourth-order valence-electron chi connectivity index (χ4n) is 2.25. The van der Waals surface area contributed by atoms with E-state index in [2.05, 4.69) is 59.6 Å². The number of aryl methyl sites for hydroxylation is 2. The number of nitrogens with zero attached hydrogens (tertiary/aromatic N) is 2. The van der Waals surface area contributed by atoms with Crippen molar-refractivity contribution in [3.8, 4) is 0 Å². The second kappa shape index (κ2) is 7.62. The van der Waals surface area contributed by atoms with Gasteiger partial charge in [0, 0.05) is 18.3 Å². The summed E-state index contributed by atoms with van der Waals surface area (Å²) in [6, 6.07) is 8.22. The van der Waals surface area contributed by atoms with Crippen molar-refractivity contribution in [1.29, 1.82) is 0 Å². The van der Waals surface area contributed by atoms with Gasteiger partial charge in [-0.2, -0.15) is 0 Å². The number of rotatable bonds is 7. The first-order chi connectivity index (χ1) is 10.2. The molecule has 2 N–H and O–H groups in total. The predicted octanol–water partition coefficient (Wildman–Crippen LogP) is 4.44. The first kappa shape index (κ1) is 15.3. The average Bonchev–Trinajstić information content (AvgIpc) is 2.48. The highest BCUT2D eigenvalue weighted by molar-refractivity contribution is 5.65. The minimum absolute atomic E-state index is 0.820. The lowest BCUT2D eigenvalue weighted by Crippen LogP contribution is -2.05. The van der Waals surface area contributed by atoms with Crippen LogP contribution >= 0.6 is 0 Å². The fraction of sp³-hybridized carbons (Fsp3) is 0.412. The van der Waals surface area contributed by atoms with Gasteiger partial charge in [0.2, 0.25) is 0 Å². The average molecular weight is 284 g/mol. The molecule has 0 radical (unpaired) electrons. The zero-order valence-electron chi connectivity index (χ0n) is 13.1. The highest BCUT2D eigenvalue weighted by Gasteiger charge is 2.04.